The molecule has 7 rings (SSSR count). The number of carbonyl (C=O) groups is 2. The number of primary amides is 1. The molecule has 1 aliphatic heterocycles. The van der Waals surface area contributed by atoms with E-state index in [0.29, 0.717) is 28.6 Å². The van der Waals surface area contributed by atoms with Crippen LogP contribution in [-0.2, 0) is 6.54 Å². The first-order valence-electron chi connectivity index (χ1n) is 14.6. The number of aromatic nitrogens is 3. The van der Waals surface area contributed by atoms with Crippen LogP contribution in [0.25, 0.3) is 38.9 Å². The van der Waals surface area contributed by atoms with Gasteiger partial charge < -0.3 is 20.9 Å². The van der Waals surface area contributed by atoms with Gasteiger partial charge in [-0.25, -0.2) is 8.91 Å². The molecule has 2 atom stereocenters. The first kappa shape index (κ1) is 27.6. The molecule has 1 aliphatic carbocycles. The summed E-state index contributed by atoms with van der Waals surface area (Å²) in [5.41, 5.74) is 18.8. The summed E-state index contributed by atoms with van der Waals surface area (Å²) in [6.07, 6.45) is 3.26. The van der Waals surface area contributed by atoms with Crippen LogP contribution in [-0.4, -0.2) is 56.2 Å². The van der Waals surface area contributed by atoms with Gasteiger partial charge in [0.1, 0.15) is 11.9 Å². The molecule has 0 spiro atoms. The highest BCUT2D eigenvalue weighted by Gasteiger charge is 2.30. The third kappa shape index (κ3) is 5.06. The van der Waals surface area contributed by atoms with Gasteiger partial charge in [0, 0.05) is 57.9 Å². The molecule has 2 aromatic carbocycles. The molecule has 10 heteroatoms. The van der Waals surface area contributed by atoms with E-state index in [0.717, 1.165) is 51.0 Å². The second kappa shape index (κ2) is 10.5. The molecule has 220 valence electrons. The number of alkyl halides is 1. The monoisotopic (exact) mass is 598 g/mol. The third-order valence-electron chi connectivity index (χ3n) is 8.69. The number of amides is 2. The van der Waals surface area contributed by atoms with Crippen molar-refractivity contribution in [3.05, 3.63) is 82.5 Å². The van der Waals surface area contributed by atoms with Crippen LogP contribution in [0.1, 0.15) is 45.5 Å². The topological polar surface area (TPSA) is 112 Å². The summed E-state index contributed by atoms with van der Waals surface area (Å²) in [4.78, 5) is 26.4. The fraction of sp³-hybridized carbons (Fsp3) is 0.303. The standard InChI is InChI=1S/C33H32ClFN6O2/c1-18-28-9-7-23(33(43)39-16-24(35)13-25(36)17-39)15-41(28)38-31(18)30-12-21-5-4-20(11-29(21)40(30)14-19-2-3-19)26-8-6-22(32(37)42)10-27(26)34/h4-12,15,19,24-25H,2-3,13-14,16-17,36H2,1H3,(H2,37,42)/t24-,25-/m1/s1. The SMILES string of the molecule is Cc1c(-c2cc3ccc(-c4ccc(C(N)=O)cc4Cl)cc3n2CC2CC2)nn2cc(C(=O)N3C[C@H](N)C[C@@H](F)C3)ccc12. The summed E-state index contributed by atoms with van der Waals surface area (Å²) in [5.74, 6) is -0.157. The average Bonchev–Trinajstić information content (AvgIpc) is 3.65. The second-order valence-corrected chi connectivity index (χ2v) is 12.3. The van der Waals surface area contributed by atoms with Crippen molar-refractivity contribution >= 4 is 39.8 Å². The zero-order chi connectivity index (χ0) is 30.0. The van der Waals surface area contributed by atoms with E-state index in [4.69, 9.17) is 28.2 Å². The zero-order valence-corrected chi connectivity index (χ0v) is 24.5. The van der Waals surface area contributed by atoms with Gasteiger partial charge in [-0.15, -0.1) is 0 Å². The number of halogens is 2. The van der Waals surface area contributed by atoms with E-state index in [9.17, 15) is 14.0 Å². The van der Waals surface area contributed by atoms with Crippen molar-refractivity contribution in [2.24, 2.45) is 17.4 Å². The largest absolute Gasteiger partial charge is 0.366 e. The number of nitrogens with zero attached hydrogens (tertiary/aromatic N) is 4. The van der Waals surface area contributed by atoms with Crippen molar-refractivity contribution in [3.63, 3.8) is 0 Å². The molecule has 1 saturated heterocycles. The minimum Gasteiger partial charge on any atom is -0.366 e. The molecule has 4 heterocycles. The Hall–Kier alpha value is -4.21. The summed E-state index contributed by atoms with van der Waals surface area (Å²) in [5, 5.41) is 6.51. The molecule has 2 amide bonds. The van der Waals surface area contributed by atoms with E-state index < -0.39 is 12.1 Å². The van der Waals surface area contributed by atoms with E-state index in [-0.39, 0.29) is 24.9 Å². The van der Waals surface area contributed by atoms with Gasteiger partial charge in [-0.3, -0.25) is 9.59 Å². The fourth-order valence-corrected chi connectivity index (χ4v) is 6.53. The Morgan fingerprint density at radius 1 is 1.02 bits per heavy atom. The number of nitrogens with two attached hydrogens (primary N) is 2. The molecule has 5 aromatic rings. The van der Waals surface area contributed by atoms with Crippen LogP contribution in [0.5, 0.6) is 0 Å². The van der Waals surface area contributed by atoms with Gasteiger partial charge in [0.25, 0.3) is 5.91 Å². The number of aryl methyl sites for hydroxylation is 1. The van der Waals surface area contributed by atoms with Crippen LogP contribution in [0, 0.1) is 12.8 Å². The number of rotatable bonds is 6. The molecule has 8 nitrogen and oxygen atoms in total. The third-order valence-corrected chi connectivity index (χ3v) is 9.00. The Morgan fingerprint density at radius 2 is 1.81 bits per heavy atom. The van der Waals surface area contributed by atoms with Crippen molar-refractivity contribution in [2.75, 3.05) is 13.1 Å². The highest BCUT2D eigenvalue weighted by atomic mass is 35.5. The van der Waals surface area contributed by atoms with Crippen LogP contribution >= 0.6 is 11.6 Å². The van der Waals surface area contributed by atoms with E-state index in [2.05, 4.69) is 22.8 Å². The Bertz CT molecular complexity index is 1920. The molecular weight excluding hydrogens is 567 g/mol. The van der Waals surface area contributed by atoms with Gasteiger partial charge >= 0.3 is 0 Å². The van der Waals surface area contributed by atoms with Crippen LogP contribution < -0.4 is 11.5 Å². The number of likely N-dealkylation sites (tertiary alicyclic amines) is 1. The van der Waals surface area contributed by atoms with Gasteiger partial charge in [0.2, 0.25) is 5.91 Å². The summed E-state index contributed by atoms with van der Waals surface area (Å²) in [7, 11) is 0. The maximum absolute atomic E-state index is 14.1. The Kier molecular flexibility index (Phi) is 6.74. The lowest BCUT2D eigenvalue weighted by atomic mass is 10.0. The summed E-state index contributed by atoms with van der Waals surface area (Å²) < 4.78 is 18.2. The molecule has 0 bridgehead atoms. The fourth-order valence-electron chi connectivity index (χ4n) is 6.24. The molecule has 2 aliphatic rings. The molecule has 43 heavy (non-hydrogen) atoms. The Balaban J connectivity index is 1.29. The van der Waals surface area contributed by atoms with Crippen molar-refractivity contribution in [3.8, 4) is 22.5 Å². The first-order chi connectivity index (χ1) is 20.7. The van der Waals surface area contributed by atoms with Gasteiger partial charge in [0.15, 0.2) is 0 Å². The summed E-state index contributed by atoms with van der Waals surface area (Å²) in [6.45, 7) is 3.30. The predicted molar refractivity (Wildman–Crippen MR) is 166 cm³/mol. The predicted octanol–water partition coefficient (Wildman–Crippen LogP) is 5.61. The molecule has 0 unspecified atom stereocenters. The van der Waals surface area contributed by atoms with Gasteiger partial charge in [0.05, 0.1) is 23.3 Å². The average molecular weight is 599 g/mol. The normalized spacial score (nSPS) is 18.9. The second-order valence-electron chi connectivity index (χ2n) is 11.9. The van der Waals surface area contributed by atoms with E-state index in [1.165, 1.54) is 17.7 Å². The maximum Gasteiger partial charge on any atom is 0.255 e. The lowest BCUT2D eigenvalue weighted by Crippen LogP contribution is -2.50. The van der Waals surface area contributed by atoms with Crippen molar-refractivity contribution in [2.45, 2.75) is 44.9 Å². The number of benzene rings is 2. The Morgan fingerprint density at radius 3 is 2.53 bits per heavy atom. The first-order valence-corrected chi connectivity index (χ1v) is 15.0. The highest BCUT2D eigenvalue weighted by Crippen LogP contribution is 2.39. The lowest BCUT2D eigenvalue weighted by Gasteiger charge is -2.32. The van der Waals surface area contributed by atoms with Crippen LogP contribution in [0.15, 0.2) is 60.8 Å². The molecule has 3 aromatic heterocycles. The maximum atomic E-state index is 14.1. The van der Waals surface area contributed by atoms with Crippen molar-refractivity contribution < 1.29 is 14.0 Å². The van der Waals surface area contributed by atoms with E-state index in [1.54, 1.807) is 28.9 Å². The van der Waals surface area contributed by atoms with Crippen molar-refractivity contribution in [1.82, 2.24) is 19.1 Å². The van der Waals surface area contributed by atoms with Crippen LogP contribution in [0.4, 0.5) is 4.39 Å². The van der Waals surface area contributed by atoms with E-state index >= 15 is 0 Å². The highest BCUT2D eigenvalue weighted by molar-refractivity contribution is 6.33. The minimum atomic E-state index is -1.12. The molecule has 2 fully saturated rings. The zero-order valence-electron chi connectivity index (χ0n) is 23.8. The quantitative estimate of drug-likeness (QED) is 0.265. The number of hydrogen-bond acceptors (Lipinski definition) is 4. The number of pyridine rings is 1. The van der Waals surface area contributed by atoms with Crippen molar-refractivity contribution in [1.29, 1.82) is 0 Å². The number of fused-ring (bicyclic) bond motifs is 2. The van der Waals surface area contributed by atoms with Gasteiger partial charge in [-0.2, -0.15) is 5.10 Å². The van der Waals surface area contributed by atoms with Crippen LogP contribution in [0.3, 0.4) is 0 Å². The van der Waals surface area contributed by atoms with Gasteiger partial charge in [-0.1, -0.05) is 29.8 Å². The number of carbonyl (C=O) groups excluding carboxylic acids is 2. The molecular formula is C33H32ClFN6O2. The number of hydrogen-bond donors (Lipinski definition) is 2. The van der Waals surface area contributed by atoms with Gasteiger partial charge in [-0.05, 0) is 74.1 Å². The summed E-state index contributed by atoms with van der Waals surface area (Å²) in [6, 6.07) is 16.9. The summed E-state index contributed by atoms with van der Waals surface area (Å²) >= 11 is 6.58. The number of piperidine rings is 1. The molecule has 1 saturated carbocycles. The smallest absolute Gasteiger partial charge is 0.255 e. The minimum absolute atomic E-state index is 0.0533. The lowest BCUT2D eigenvalue weighted by molar-refractivity contribution is 0.0606. The molecule has 0 radical (unpaired) electrons. The van der Waals surface area contributed by atoms with E-state index in [1.807, 2.05) is 25.1 Å². The van der Waals surface area contributed by atoms with Crippen LogP contribution in [0.2, 0.25) is 5.02 Å². The Labute approximate surface area is 253 Å². The molecule has 4 N–H and O–H groups in total.